The lowest BCUT2D eigenvalue weighted by atomic mass is 9.92. The topological polar surface area (TPSA) is 49.3 Å². The highest BCUT2D eigenvalue weighted by molar-refractivity contribution is 5.84. The number of nitrogens with one attached hydrogen (secondary N) is 1. The molecule has 0 saturated carbocycles. The Kier molecular flexibility index (Phi) is 4.43. The van der Waals surface area contributed by atoms with Gasteiger partial charge in [0.2, 0.25) is 5.60 Å². The lowest BCUT2D eigenvalue weighted by Gasteiger charge is -2.31. The van der Waals surface area contributed by atoms with E-state index in [0.717, 1.165) is 26.0 Å². The van der Waals surface area contributed by atoms with Crippen molar-refractivity contribution >= 4 is 5.91 Å². The SMILES string of the molecule is CC(C)(F)C(=O)NCC(O)(c1ccccc1)C(F)(F)F. The summed E-state index contributed by atoms with van der Waals surface area (Å²) in [5.41, 5.74) is -6.03. The van der Waals surface area contributed by atoms with Crippen molar-refractivity contribution in [1.29, 1.82) is 0 Å². The number of rotatable bonds is 4. The van der Waals surface area contributed by atoms with E-state index in [0.29, 0.717) is 0 Å². The monoisotopic (exact) mass is 293 g/mol. The van der Waals surface area contributed by atoms with Crippen LogP contribution < -0.4 is 5.32 Å². The van der Waals surface area contributed by atoms with E-state index in [1.165, 1.54) is 18.2 Å². The van der Waals surface area contributed by atoms with Gasteiger partial charge in [-0.15, -0.1) is 0 Å². The van der Waals surface area contributed by atoms with Crippen molar-refractivity contribution in [2.24, 2.45) is 0 Å². The second-order valence-electron chi connectivity index (χ2n) is 4.88. The fourth-order valence-electron chi connectivity index (χ4n) is 1.50. The number of halogens is 4. The normalized spacial score (nSPS) is 15.6. The molecule has 1 rings (SSSR count). The number of amides is 1. The maximum Gasteiger partial charge on any atom is 0.423 e. The maximum atomic E-state index is 13.3. The number of benzene rings is 1. The van der Waals surface area contributed by atoms with E-state index in [1.54, 1.807) is 5.32 Å². The molecule has 3 nitrogen and oxygen atoms in total. The van der Waals surface area contributed by atoms with Crippen molar-refractivity contribution in [1.82, 2.24) is 5.32 Å². The van der Waals surface area contributed by atoms with Crippen molar-refractivity contribution in [3.05, 3.63) is 35.9 Å². The van der Waals surface area contributed by atoms with Crippen LogP contribution >= 0.6 is 0 Å². The third-order valence-electron chi connectivity index (χ3n) is 2.77. The van der Waals surface area contributed by atoms with Crippen LogP contribution in [-0.2, 0) is 10.4 Å². The molecule has 0 aliphatic rings. The van der Waals surface area contributed by atoms with Gasteiger partial charge in [-0.25, -0.2) is 4.39 Å². The minimum atomic E-state index is -5.01. The minimum absolute atomic E-state index is 0.426. The molecule has 2 N–H and O–H groups in total. The molecule has 0 heterocycles. The Hall–Kier alpha value is -1.63. The molecule has 7 heteroatoms. The van der Waals surface area contributed by atoms with Crippen molar-refractivity contribution in [2.45, 2.75) is 31.3 Å². The molecule has 1 aromatic rings. The highest BCUT2D eigenvalue weighted by Gasteiger charge is 2.55. The Labute approximate surface area is 113 Å². The average Bonchev–Trinajstić information content (AvgIpc) is 2.34. The molecular formula is C13H15F4NO2. The number of alkyl halides is 4. The number of carbonyl (C=O) groups is 1. The Morgan fingerprint density at radius 2 is 1.65 bits per heavy atom. The first-order chi connectivity index (χ1) is 8.98. The van der Waals surface area contributed by atoms with Crippen LogP contribution in [0.1, 0.15) is 19.4 Å². The zero-order valence-electron chi connectivity index (χ0n) is 11.0. The summed E-state index contributed by atoms with van der Waals surface area (Å²) in [6, 6.07) is 6.31. The molecule has 0 aliphatic carbocycles. The number of carbonyl (C=O) groups excluding carboxylic acids is 1. The maximum absolute atomic E-state index is 13.3. The summed E-state index contributed by atoms with van der Waals surface area (Å²) in [6.45, 7) is 0.668. The molecular weight excluding hydrogens is 278 g/mol. The van der Waals surface area contributed by atoms with Gasteiger partial charge in [0.05, 0.1) is 6.54 Å². The summed E-state index contributed by atoms with van der Waals surface area (Å²) in [4.78, 5) is 11.3. The van der Waals surface area contributed by atoms with Crippen LogP contribution in [0.25, 0.3) is 0 Å². The smallest absolute Gasteiger partial charge is 0.375 e. The first-order valence-electron chi connectivity index (χ1n) is 5.80. The van der Waals surface area contributed by atoms with Crippen LogP contribution in [0.2, 0.25) is 0 Å². The van der Waals surface area contributed by atoms with E-state index < -0.39 is 35.5 Å². The van der Waals surface area contributed by atoms with E-state index in [9.17, 15) is 27.5 Å². The standard InChI is InChI=1S/C13H15F4NO2/c1-11(2,14)10(19)18-8-12(20,13(15,16)17)9-6-4-3-5-7-9/h3-7,20H,8H2,1-2H3,(H,18,19). The Morgan fingerprint density at radius 1 is 1.15 bits per heavy atom. The molecule has 0 saturated heterocycles. The van der Waals surface area contributed by atoms with Crippen molar-refractivity contribution in [3.63, 3.8) is 0 Å². The zero-order chi connectivity index (χ0) is 15.6. The molecule has 0 aromatic heterocycles. The predicted octanol–water partition coefficient (Wildman–Crippen LogP) is 2.30. The van der Waals surface area contributed by atoms with E-state index >= 15 is 0 Å². The van der Waals surface area contributed by atoms with Crippen LogP contribution in [0.5, 0.6) is 0 Å². The first-order valence-corrected chi connectivity index (χ1v) is 5.80. The summed E-state index contributed by atoms with van der Waals surface area (Å²) >= 11 is 0. The molecule has 0 fully saturated rings. The molecule has 0 radical (unpaired) electrons. The summed E-state index contributed by atoms with van der Waals surface area (Å²) in [6.07, 6.45) is -5.01. The molecule has 112 valence electrons. The van der Waals surface area contributed by atoms with Gasteiger partial charge in [-0.05, 0) is 19.4 Å². The lowest BCUT2D eigenvalue weighted by molar-refractivity contribution is -0.264. The molecule has 1 unspecified atom stereocenters. The van der Waals surface area contributed by atoms with E-state index in [2.05, 4.69) is 0 Å². The Balaban J connectivity index is 3.01. The van der Waals surface area contributed by atoms with Crippen LogP contribution in [0.3, 0.4) is 0 Å². The van der Waals surface area contributed by atoms with Gasteiger partial charge in [-0.3, -0.25) is 4.79 Å². The number of hydrogen-bond acceptors (Lipinski definition) is 2. The highest BCUT2D eigenvalue weighted by Crippen LogP contribution is 2.38. The summed E-state index contributed by atoms with van der Waals surface area (Å²) < 4.78 is 52.4. The van der Waals surface area contributed by atoms with E-state index in [4.69, 9.17) is 0 Å². The van der Waals surface area contributed by atoms with Crippen LogP contribution in [-0.4, -0.2) is 29.4 Å². The van der Waals surface area contributed by atoms with Crippen molar-refractivity contribution in [3.8, 4) is 0 Å². The van der Waals surface area contributed by atoms with Gasteiger partial charge in [0, 0.05) is 0 Å². The predicted molar refractivity (Wildman–Crippen MR) is 64.6 cm³/mol. The Morgan fingerprint density at radius 3 is 2.05 bits per heavy atom. The van der Waals surface area contributed by atoms with Crippen LogP contribution in [0.15, 0.2) is 30.3 Å². The van der Waals surface area contributed by atoms with Crippen LogP contribution in [0.4, 0.5) is 17.6 Å². The van der Waals surface area contributed by atoms with E-state index in [-0.39, 0.29) is 0 Å². The average molecular weight is 293 g/mol. The van der Waals surface area contributed by atoms with Gasteiger partial charge in [0.15, 0.2) is 5.67 Å². The molecule has 1 aromatic carbocycles. The molecule has 1 atom stereocenters. The number of aliphatic hydroxyl groups is 1. The second kappa shape index (κ2) is 5.40. The quantitative estimate of drug-likeness (QED) is 0.837. The largest absolute Gasteiger partial charge is 0.423 e. The van der Waals surface area contributed by atoms with Gasteiger partial charge < -0.3 is 10.4 Å². The van der Waals surface area contributed by atoms with Gasteiger partial charge in [-0.1, -0.05) is 30.3 Å². The van der Waals surface area contributed by atoms with Gasteiger partial charge in [-0.2, -0.15) is 13.2 Å². The molecule has 0 bridgehead atoms. The van der Waals surface area contributed by atoms with Crippen molar-refractivity contribution < 1.29 is 27.5 Å². The minimum Gasteiger partial charge on any atom is -0.375 e. The van der Waals surface area contributed by atoms with Crippen molar-refractivity contribution in [2.75, 3.05) is 6.54 Å². The van der Waals surface area contributed by atoms with Gasteiger partial charge >= 0.3 is 6.18 Å². The summed E-state index contributed by atoms with van der Waals surface area (Å²) in [5.74, 6) is -1.23. The summed E-state index contributed by atoms with van der Waals surface area (Å²) in [7, 11) is 0. The zero-order valence-corrected chi connectivity index (χ0v) is 11.0. The third kappa shape index (κ3) is 3.47. The van der Waals surface area contributed by atoms with Gasteiger partial charge in [0.25, 0.3) is 5.91 Å². The molecule has 0 aliphatic heterocycles. The molecule has 0 spiro atoms. The molecule has 20 heavy (non-hydrogen) atoms. The summed E-state index contributed by atoms with van der Waals surface area (Å²) in [5, 5.41) is 11.7. The van der Waals surface area contributed by atoms with Crippen LogP contribution in [0, 0.1) is 0 Å². The third-order valence-corrected chi connectivity index (χ3v) is 2.77. The second-order valence-corrected chi connectivity index (χ2v) is 4.88. The number of hydrogen-bond donors (Lipinski definition) is 2. The Bertz CT molecular complexity index is 467. The van der Waals surface area contributed by atoms with Gasteiger partial charge in [0.1, 0.15) is 0 Å². The first kappa shape index (κ1) is 16.4. The highest BCUT2D eigenvalue weighted by atomic mass is 19.4. The lowest BCUT2D eigenvalue weighted by Crippen LogP contribution is -2.53. The fraction of sp³-hybridized carbons (Fsp3) is 0.462. The fourth-order valence-corrected chi connectivity index (χ4v) is 1.50. The van der Waals surface area contributed by atoms with E-state index in [1.807, 2.05) is 0 Å². The molecule has 1 amide bonds.